The number of alkyl carbamates (subject to hydrolysis) is 1. The second-order valence-corrected chi connectivity index (χ2v) is 6.19. The second-order valence-electron chi connectivity index (χ2n) is 6.19. The van der Waals surface area contributed by atoms with E-state index in [9.17, 15) is 14.4 Å². The Kier molecular flexibility index (Phi) is 7.47. The van der Waals surface area contributed by atoms with E-state index in [1.54, 1.807) is 20.0 Å². The first kappa shape index (κ1) is 20.5. The van der Waals surface area contributed by atoms with E-state index in [0.717, 1.165) is 0 Å². The lowest BCUT2D eigenvalue weighted by Crippen LogP contribution is -2.47. The van der Waals surface area contributed by atoms with Gasteiger partial charge in [-0.3, -0.25) is 4.79 Å². The number of aryl methyl sites for hydroxylation is 1. The van der Waals surface area contributed by atoms with Crippen LogP contribution in [-0.2, 0) is 20.8 Å². The number of amides is 2. The minimum atomic E-state index is -0.700. The molecule has 25 heavy (non-hydrogen) atoms. The highest BCUT2D eigenvalue weighted by atomic mass is 16.5. The topological polar surface area (TPSA) is 98.1 Å². The van der Waals surface area contributed by atoms with Gasteiger partial charge in [-0.25, -0.2) is 9.59 Å². The Labute approximate surface area is 147 Å². The van der Waals surface area contributed by atoms with E-state index in [-0.39, 0.29) is 18.4 Å². The lowest BCUT2D eigenvalue weighted by molar-refractivity contribution is -0.133. The zero-order chi connectivity index (χ0) is 19.1. The quantitative estimate of drug-likeness (QED) is 0.753. The third-order valence-corrected chi connectivity index (χ3v) is 3.63. The van der Waals surface area contributed by atoms with E-state index in [4.69, 9.17) is 4.42 Å². The van der Waals surface area contributed by atoms with Crippen molar-refractivity contribution in [1.82, 2.24) is 10.2 Å². The molecule has 0 aliphatic heterocycles. The van der Waals surface area contributed by atoms with Gasteiger partial charge in [0.25, 0.3) is 0 Å². The minimum Gasteiger partial charge on any atom is -0.465 e. The van der Waals surface area contributed by atoms with Crippen LogP contribution in [-0.4, -0.2) is 50.2 Å². The van der Waals surface area contributed by atoms with Gasteiger partial charge in [-0.05, 0) is 25.3 Å². The number of furan rings is 1. The molecule has 1 atom stereocenters. The van der Waals surface area contributed by atoms with E-state index in [1.807, 2.05) is 13.8 Å². The summed E-state index contributed by atoms with van der Waals surface area (Å²) >= 11 is 0. The Morgan fingerprint density at radius 1 is 1.24 bits per heavy atom. The van der Waals surface area contributed by atoms with E-state index in [0.29, 0.717) is 23.5 Å². The third kappa shape index (κ3) is 5.81. The van der Waals surface area contributed by atoms with Gasteiger partial charge in [0.2, 0.25) is 5.91 Å². The summed E-state index contributed by atoms with van der Waals surface area (Å²) in [5, 5.41) is 2.55. The standard InChI is InChI=1S/C17H26N2O6/c1-10(2)7-14(18-17(22)24-6)15(20)19(4)9-12-8-13(11(3)25-12)16(21)23-5/h8,10,14H,7,9H2,1-6H3,(H,18,22). The maximum atomic E-state index is 12.6. The molecule has 1 aromatic heterocycles. The molecule has 1 rings (SSSR count). The number of ether oxygens (including phenoxy) is 2. The molecule has 8 heteroatoms. The zero-order valence-corrected chi connectivity index (χ0v) is 15.5. The largest absolute Gasteiger partial charge is 0.465 e. The van der Waals surface area contributed by atoms with E-state index < -0.39 is 18.1 Å². The number of methoxy groups -OCH3 is 2. The van der Waals surface area contributed by atoms with Crippen molar-refractivity contribution in [3.63, 3.8) is 0 Å². The minimum absolute atomic E-state index is 0.161. The van der Waals surface area contributed by atoms with Gasteiger partial charge < -0.3 is 24.1 Å². The normalized spacial score (nSPS) is 11.8. The maximum Gasteiger partial charge on any atom is 0.407 e. The van der Waals surface area contributed by atoms with Crippen molar-refractivity contribution >= 4 is 18.0 Å². The second kappa shape index (κ2) is 9.10. The van der Waals surface area contributed by atoms with Crippen LogP contribution in [0.25, 0.3) is 0 Å². The fourth-order valence-electron chi connectivity index (χ4n) is 2.41. The number of esters is 1. The van der Waals surface area contributed by atoms with E-state index in [1.165, 1.54) is 19.1 Å². The summed E-state index contributed by atoms with van der Waals surface area (Å²) in [4.78, 5) is 37.2. The molecule has 0 bridgehead atoms. The molecule has 140 valence electrons. The summed E-state index contributed by atoms with van der Waals surface area (Å²) in [6.07, 6.45) is -0.183. The van der Waals surface area contributed by atoms with Crippen molar-refractivity contribution in [3.05, 3.63) is 23.2 Å². The molecule has 0 saturated carbocycles. The monoisotopic (exact) mass is 354 g/mol. The Hall–Kier alpha value is -2.51. The average Bonchev–Trinajstić information content (AvgIpc) is 2.92. The molecule has 0 aliphatic rings. The average molecular weight is 354 g/mol. The van der Waals surface area contributed by atoms with Crippen molar-refractivity contribution in [1.29, 1.82) is 0 Å². The number of likely N-dealkylation sites (N-methyl/N-ethyl adjacent to an activating group) is 1. The number of carbonyl (C=O) groups is 3. The molecule has 0 radical (unpaired) electrons. The Bertz CT molecular complexity index is 623. The molecule has 1 unspecified atom stereocenters. The molecule has 8 nitrogen and oxygen atoms in total. The van der Waals surface area contributed by atoms with Crippen molar-refractivity contribution in [3.8, 4) is 0 Å². The molecule has 0 aliphatic carbocycles. The summed E-state index contributed by atoms with van der Waals surface area (Å²) < 4.78 is 14.8. The molecule has 0 aromatic carbocycles. The van der Waals surface area contributed by atoms with Crippen LogP contribution in [0.5, 0.6) is 0 Å². The number of hydrogen-bond acceptors (Lipinski definition) is 6. The first-order valence-corrected chi connectivity index (χ1v) is 7.96. The maximum absolute atomic E-state index is 12.6. The summed E-state index contributed by atoms with van der Waals surface area (Å²) in [6.45, 7) is 5.72. The summed E-state index contributed by atoms with van der Waals surface area (Å²) in [5.41, 5.74) is 0.324. The van der Waals surface area contributed by atoms with E-state index in [2.05, 4.69) is 14.8 Å². The molecule has 1 aromatic rings. The highest BCUT2D eigenvalue weighted by molar-refractivity contribution is 5.90. The van der Waals surface area contributed by atoms with Crippen LogP contribution in [0.2, 0.25) is 0 Å². The van der Waals surface area contributed by atoms with Gasteiger partial charge in [-0.2, -0.15) is 0 Å². The molecule has 1 N–H and O–H groups in total. The Balaban J connectivity index is 2.85. The predicted octanol–water partition coefficient (Wildman–Crippen LogP) is 2.10. The Morgan fingerprint density at radius 3 is 2.40 bits per heavy atom. The van der Waals surface area contributed by atoms with Crippen molar-refractivity contribution < 1.29 is 28.3 Å². The van der Waals surface area contributed by atoms with Crippen molar-refractivity contribution in [2.24, 2.45) is 5.92 Å². The van der Waals surface area contributed by atoms with Gasteiger partial charge in [0, 0.05) is 7.05 Å². The van der Waals surface area contributed by atoms with E-state index >= 15 is 0 Å². The molecule has 0 spiro atoms. The number of nitrogens with zero attached hydrogens (tertiary/aromatic N) is 1. The van der Waals surface area contributed by atoms with Crippen LogP contribution in [0.4, 0.5) is 4.79 Å². The SMILES string of the molecule is COC(=O)NC(CC(C)C)C(=O)N(C)Cc1cc(C(=O)OC)c(C)o1. The van der Waals surface area contributed by atoms with Gasteiger partial charge in [0.1, 0.15) is 23.1 Å². The third-order valence-electron chi connectivity index (χ3n) is 3.63. The number of rotatable bonds is 7. The fraction of sp³-hybridized carbons (Fsp3) is 0.588. The molecular weight excluding hydrogens is 328 g/mol. The lowest BCUT2D eigenvalue weighted by Gasteiger charge is -2.24. The zero-order valence-electron chi connectivity index (χ0n) is 15.5. The van der Waals surface area contributed by atoms with Crippen molar-refractivity contribution in [2.45, 2.75) is 39.8 Å². The first-order valence-electron chi connectivity index (χ1n) is 7.96. The van der Waals surface area contributed by atoms with Crippen LogP contribution in [0.3, 0.4) is 0 Å². The smallest absolute Gasteiger partial charge is 0.407 e. The highest BCUT2D eigenvalue weighted by Gasteiger charge is 2.26. The fourth-order valence-corrected chi connectivity index (χ4v) is 2.41. The number of hydrogen-bond donors (Lipinski definition) is 1. The van der Waals surface area contributed by atoms with Crippen LogP contribution in [0.1, 0.15) is 42.1 Å². The summed E-state index contributed by atoms with van der Waals surface area (Å²) in [6, 6.07) is 0.851. The molecule has 0 fully saturated rings. The molecule has 0 saturated heterocycles. The van der Waals surface area contributed by atoms with Crippen LogP contribution >= 0.6 is 0 Å². The lowest BCUT2D eigenvalue weighted by atomic mass is 10.0. The van der Waals surface area contributed by atoms with Gasteiger partial charge in [-0.15, -0.1) is 0 Å². The predicted molar refractivity (Wildman–Crippen MR) is 90.0 cm³/mol. The van der Waals surface area contributed by atoms with Crippen molar-refractivity contribution in [2.75, 3.05) is 21.3 Å². The summed E-state index contributed by atoms with van der Waals surface area (Å²) in [7, 11) is 4.14. The van der Waals surface area contributed by atoms with Crippen LogP contribution < -0.4 is 5.32 Å². The van der Waals surface area contributed by atoms with Gasteiger partial charge in [0.05, 0.1) is 20.8 Å². The molecular formula is C17H26N2O6. The molecule has 1 heterocycles. The number of nitrogens with one attached hydrogen (secondary N) is 1. The van der Waals surface area contributed by atoms with Gasteiger partial charge in [-0.1, -0.05) is 13.8 Å². The van der Waals surface area contributed by atoms with Gasteiger partial charge >= 0.3 is 12.1 Å². The van der Waals surface area contributed by atoms with Gasteiger partial charge in [0.15, 0.2) is 0 Å². The summed E-state index contributed by atoms with van der Waals surface area (Å²) in [5.74, 6) is 0.319. The Morgan fingerprint density at radius 2 is 1.88 bits per heavy atom. The van der Waals surface area contributed by atoms with Crippen LogP contribution in [0, 0.1) is 12.8 Å². The number of carbonyl (C=O) groups excluding carboxylic acids is 3. The molecule has 2 amide bonds. The highest BCUT2D eigenvalue weighted by Crippen LogP contribution is 2.18. The first-order chi connectivity index (χ1) is 11.7. The van der Waals surface area contributed by atoms with Crippen LogP contribution in [0.15, 0.2) is 10.5 Å².